The molecular formula is C14H19F2N3O2. The third-order valence-electron chi connectivity index (χ3n) is 4.04. The van der Waals surface area contributed by atoms with E-state index in [4.69, 9.17) is 5.73 Å². The number of rotatable bonds is 6. The molecule has 1 aliphatic carbocycles. The predicted molar refractivity (Wildman–Crippen MR) is 76.5 cm³/mol. The summed E-state index contributed by atoms with van der Waals surface area (Å²) in [6.07, 6.45) is 1.56. The van der Waals surface area contributed by atoms with E-state index in [9.17, 15) is 18.9 Å². The van der Waals surface area contributed by atoms with Gasteiger partial charge in [0.15, 0.2) is 0 Å². The van der Waals surface area contributed by atoms with Crippen LogP contribution in [0.15, 0.2) is 18.2 Å². The minimum atomic E-state index is -2.77. The van der Waals surface area contributed by atoms with Crippen molar-refractivity contribution >= 4 is 11.4 Å². The van der Waals surface area contributed by atoms with Crippen LogP contribution in [0.25, 0.3) is 0 Å². The van der Waals surface area contributed by atoms with Gasteiger partial charge in [-0.3, -0.25) is 10.1 Å². The summed E-state index contributed by atoms with van der Waals surface area (Å²) in [4.78, 5) is 10.0. The number of halogens is 2. The van der Waals surface area contributed by atoms with Crippen molar-refractivity contribution in [2.24, 2.45) is 11.7 Å². The number of nitro groups is 1. The molecule has 1 fully saturated rings. The molecule has 0 aromatic heterocycles. The molecule has 0 bridgehead atoms. The Morgan fingerprint density at radius 2 is 2.05 bits per heavy atom. The first kappa shape index (κ1) is 15.6. The van der Waals surface area contributed by atoms with E-state index < -0.39 is 11.3 Å². The number of nitrogens with zero attached hydrogens (tertiary/aromatic N) is 1. The first-order valence-corrected chi connectivity index (χ1v) is 7.06. The molecule has 5 nitrogen and oxygen atoms in total. The van der Waals surface area contributed by atoms with Crippen LogP contribution in [-0.4, -0.2) is 17.5 Å². The maximum absolute atomic E-state index is 13.1. The number of nitrogens with one attached hydrogen (secondary N) is 1. The fraction of sp³-hybridized carbons (Fsp3) is 0.571. The molecule has 1 atom stereocenters. The van der Waals surface area contributed by atoms with Gasteiger partial charge >= 0.3 is 0 Å². The van der Waals surface area contributed by atoms with Gasteiger partial charge in [-0.2, -0.15) is 0 Å². The van der Waals surface area contributed by atoms with Crippen LogP contribution >= 0.6 is 0 Å². The van der Waals surface area contributed by atoms with Crippen molar-refractivity contribution in [2.75, 3.05) is 11.9 Å². The number of hydrogen-bond acceptors (Lipinski definition) is 4. The molecule has 0 radical (unpaired) electrons. The lowest BCUT2D eigenvalue weighted by Crippen LogP contribution is -2.35. The SMILES string of the molecule is NCC(Nc1ccc([N+](=O)[O-])cc1C(F)F)C1CCCC1. The van der Waals surface area contributed by atoms with Crippen LogP contribution in [0.3, 0.4) is 0 Å². The van der Waals surface area contributed by atoms with Crippen LogP contribution < -0.4 is 11.1 Å². The number of benzene rings is 1. The second-order valence-electron chi connectivity index (χ2n) is 5.36. The van der Waals surface area contributed by atoms with Crippen LogP contribution in [0.5, 0.6) is 0 Å². The molecule has 1 saturated carbocycles. The van der Waals surface area contributed by atoms with Gasteiger partial charge in [-0.15, -0.1) is 0 Å². The fourth-order valence-corrected chi connectivity index (χ4v) is 2.90. The van der Waals surface area contributed by atoms with E-state index in [1.54, 1.807) is 0 Å². The van der Waals surface area contributed by atoms with E-state index in [-0.39, 0.29) is 23.0 Å². The summed E-state index contributed by atoms with van der Waals surface area (Å²) in [6.45, 7) is 0.352. The second-order valence-corrected chi connectivity index (χ2v) is 5.36. The fourth-order valence-electron chi connectivity index (χ4n) is 2.90. The molecule has 2 rings (SSSR count). The molecule has 1 aliphatic rings. The van der Waals surface area contributed by atoms with Crippen molar-refractivity contribution in [1.29, 1.82) is 0 Å². The molecule has 0 amide bonds. The number of hydrogen-bond donors (Lipinski definition) is 2. The summed E-state index contributed by atoms with van der Waals surface area (Å²) in [5, 5.41) is 13.8. The zero-order valence-electron chi connectivity index (χ0n) is 11.6. The van der Waals surface area contributed by atoms with E-state index >= 15 is 0 Å². The van der Waals surface area contributed by atoms with E-state index in [2.05, 4.69) is 5.32 Å². The van der Waals surface area contributed by atoms with Crippen LogP contribution in [-0.2, 0) is 0 Å². The maximum Gasteiger partial charge on any atom is 0.270 e. The zero-order valence-corrected chi connectivity index (χ0v) is 11.6. The number of nitrogens with two attached hydrogens (primary N) is 1. The summed E-state index contributed by atoms with van der Waals surface area (Å²) in [7, 11) is 0. The molecule has 21 heavy (non-hydrogen) atoms. The Hall–Kier alpha value is -1.76. The van der Waals surface area contributed by atoms with E-state index in [0.717, 1.165) is 31.7 Å². The summed E-state index contributed by atoms with van der Waals surface area (Å²) in [6, 6.07) is 3.43. The second kappa shape index (κ2) is 6.80. The number of anilines is 1. The van der Waals surface area contributed by atoms with E-state index in [1.165, 1.54) is 12.1 Å². The summed E-state index contributed by atoms with van der Waals surface area (Å²) >= 11 is 0. The standard InChI is InChI=1S/C14H19F2N3O2/c15-14(16)11-7-10(19(20)21)5-6-12(11)18-13(8-17)9-3-1-2-4-9/h5-7,9,13-14,18H,1-4,8,17H2. The summed E-state index contributed by atoms with van der Waals surface area (Å²) in [5.74, 6) is 0.371. The number of nitro benzene ring substituents is 1. The van der Waals surface area contributed by atoms with Crippen molar-refractivity contribution in [3.8, 4) is 0 Å². The largest absolute Gasteiger partial charge is 0.380 e. The van der Waals surface area contributed by atoms with Crippen LogP contribution in [0.2, 0.25) is 0 Å². The van der Waals surface area contributed by atoms with Gasteiger partial charge in [0.25, 0.3) is 12.1 Å². The summed E-state index contributed by atoms with van der Waals surface area (Å²) in [5.41, 5.74) is 5.30. The van der Waals surface area contributed by atoms with Gasteiger partial charge < -0.3 is 11.1 Å². The van der Waals surface area contributed by atoms with Gasteiger partial charge in [0.05, 0.1) is 4.92 Å². The predicted octanol–water partition coefficient (Wildman–Crippen LogP) is 3.46. The minimum absolute atomic E-state index is 0.0774. The Balaban J connectivity index is 2.23. The monoisotopic (exact) mass is 299 g/mol. The zero-order chi connectivity index (χ0) is 15.4. The third kappa shape index (κ3) is 3.66. The molecule has 0 saturated heterocycles. The van der Waals surface area contributed by atoms with Crippen molar-refractivity contribution < 1.29 is 13.7 Å². The van der Waals surface area contributed by atoms with Crippen LogP contribution in [0, 0.1) is 16.0 Å². The van der Waals surface area contributed by atoms with Crippen molar-refractivity contribution in [3.05, 3.63) is 33.9 Å². The molecule has 1 aromatic rings. The molecule has 116 valence electrons. The van der Waals surface area contributed by atoms with Crippen molar-refractivity contribution in [1.82, 2.24) is 0 Å². The number of alkyl halides is 2. The molecule has 1 aromatic carbocycles. The van der Waals surface area contributed by atoms with Crippen LogP contribution in [0.4, 0.5) is 20.2 Å². The van der Waals surface area contributed by atoms with E-state index in [0.29, 0.717) is 12.5 Å². The Morgan fingerprint density at radius 1 is 1.38 bits per heavy atom. The third-order valence-corrected chi connectivity index (χ3v) is 4.04. The first-order valence-electron chi connectivity index (χ1n) is 7.06. The molecular weight excluding hydrogens is 280 g/mol. The quantitative estimate of drug-likeness (QED) is 0.622. The van der Waals surface area contributed by atoms with Gasteiger partial charge in [-0.1, -0.05) is 12.8 Å². The Bertz CT molecular complexity index is 505. The Kier molecular flexibility index (Phi) is 5.06. The van der Waals surface area contributed by atoms with Gasteiger partial charge in [0.2, 0.25) is 0 Å². The summed E-state index contributed by atoms with van der Waals surface area (Å²) < 4.78 is 26.2. The highest BCUT2D eigenvalue weighted by molar-refractivity contribution is 5.57. The molecule has 1 unspecified atom stereocenters. The average molecular weight is 299 g/mol. The van der Waals surface area contributed by atoms with Crippen LogP contribution in [0.1, 0.15) is 37.7 Å². The Morgan fingerprint density at radius 3 is 2.57 bits per heavy atom. The smallest absolute Gasteiger partial charge is 0.270 e. The van der Waals surface area contributed by atoms with Gasteiger partial charge in [-0.05, 0) is 24.8 Å². The topological polar surface area (TPSA) is 81.2 Å². The molecule has 0 aliphatic heterocycles. The lowest BCUT2D eigenvalue weighted by Gasteiger charge is -2.25. The molecule has 7 heteroatoms. The molecule has 0 heterocycles. The highest BCUT2D eigenvalue weighted by Crippen LogP contribution is 2.34. The maximum atomic E-state index is 13.1. The van der Waals surface area contributed by atoms with Gasteiger partial charge in [0.1, 0.15) is 0 Å². The minimum Gasteiger partial charge on any atom is -0.380 e. The van der Waals surface area contributed by atoms with Gasteiger partial charge in [0, 0.05) is 36.0 Å². The average Bonchev–Trinajstić information content (AvgIpc) is 2.98. The van der Waals surface area contributed by atoms with E-state index in [1.807, 2.05) is 0 Å². The van der Waals surface area contributed by atoms with Crippen molar-refractivity contribution in [3.63, 3.8) is 0 Å². The lowest BCUT2D eigenvalue weighted by molar-refractivity contribution is -0.385. The van der Waals surface area contributed by atoms with Gasteiger partial charge in [-0.25, -0.2) is 8.78 Å². The normalized spacial score (nSPS) is 17.1. The Labute approximate surface area is 121 Å². The first-order chi connectivity index (χ1) is 10.0. The number of non-ortho nitro benzene ring substituents is 1. The van der Waals surface area contributed by atoms with Crippen molar-refractivity contribution in [2.45, 2.75) is 38.2 Å². The molecule has 3 N–H and O–H groups in total. The highest BCUT2D eigenvalue weighted by Gasteiger charge is 2.26. The molecule has 0 spiro atoms. The highest BCUT2D eigenvalue weighted by atomic mass is 19.3. The lowest BCUT2D eigenvalue weighted by atomic mass is 9.97.